The Bertz CT molecular complexity index is 1370. The van der Waals surface area contributed by atoms with E-state index in [9.17, 15) is 19.1 Å². The summed E-state index contributed by atoms with van der Waals surface area (Å²) in [7, 11) is 4.37. The fraction of sp³-hybridized carbons (Fsp3) is 0.214. The predicted molar refractivity (Wildman–Crippen MR) is 135 cm³/mol. The number of amides is 1. The van der Waals surface area contributed by atoms with E-state index >= 15 is 0 Å². The van der Waals surface area contributed by atoms with Crippen molar-refractivity contribution in [2.24, 2.45) is 0 Å². The molecule has 192 valence electrons. The molecule has 37 heavy (non-hydrogen) atoms. The molecular formula is C28H26FNO7. The van der Waals surface area contributed by atoms with Gasteiger partial charge in [0.15, 0.2) is 11.5 Å². The first kappa shape index (κ1) is 25.6. The molecule has 0 aromatic heterocycles. The van der Waals surface area contributed by atoms with Gasteiger partial charge in [0.05, 0.1) is 45.1 Å². The Morgan fingerprint density at radius 1 is 0.892 bits per heavy atom. The van der Waals surface area contributed by atoms with E-state index < -0.39 is 29.3 Å². The Morgan fingerprint density at radius 3 is 2.19 bits per heavy atom. The summed E-state index contributed by atoms with van der Waals surface area (Å²) in [5.74, 6) is -1.46. The number of nitrogens with zero attached hydrogens (tertiary/aromatic N) is 1. The second-order valence-corrected chi connectivity index (χ2v) is 8.06. The smallest absolute Gasteiger partial charge is 0.300 e. The van der Waals surface area contributed by atoms with Gasteiger partial charge in [-0.1, -0.05) is 6.07 Å². The third kappa shape index (κ3) is 4.67. The van der Waals surface area contributed by atoms with Crippen LogP contribution in [-0.2, 0) is 9.59 Å². The van der Waals surface area contributed by atoms with Gasteiger partial charge in [-0.15, -0.1) is 0 Å². The zero-order valence-corrected chi connectivity index (χ0v) is 20.8. The molecule has 1 N–H and O–H groups in total. The van der Waals surface area contributed by atoms with E-state index in [2.05, 4.69) is 0 Å². The van der Waals surface area contributed by atoms with Crippen LogP contribution in [0.15, 0.2) is 66.2 Å². The molecule has 8 nitrogen and oxygen atoms in total. The van der Waals surface area contributed by atoms with Crippen LogP contribution in [0.3, 0.4) is 0 Å². The van der Waals surface area contributed by atoms with Gasteiger partial charge in [-0.05, 0) is 67.1 Å². The number of hydrogen-bond acceptors (Lipinski definition) is 7. The monoisotopic (exact) mass is 507 g/mol. The SMILES string of the molecule is CCOc1cc(C2/C(=C(\O)c3cc(F)ccc3OC)C(=O)C(=O)N2c2ccc(OC)cc2)ccc1OC. The van der Waals surface area contributed by atoms with Gasteiger partial charge in [0.25, 0.3) is 11.7 Å². The maximum Gasteiger partial charge on any atom is 0.300 e. The van der Waals surface area contributed by atoms with Gasteiger partial charge in [0.1, 0.15) is 23.1 Å². The Morgan fingerprint density at radius 2 is 1.57 bits per heavy atom. The summed E-state index contributed by atoms with van der Waals surface area (Å²) in [5, 5.41) is 11.4. The molecule has 1 aliphatic heterocycles. The Labute approximate surface area is 213 Å². The molecule has 0 bridgehead atoms. The second-order valence-electron chi connectivity index (χ2n) is 8.06. The number of Topliss-reactive ketones (excluding diaryl/α,β-unsaturated/α-hetero) is 1. The first-order valence-electron chi connectivity index (χ1n) is 11.4. The number of methoxy groups -OCH3 is 3. The highest BCUT2D eigenvalue weighted by atomic mass is 19.1. The number of ether oxygens (including phenoxy) is 4. The van der Waals surface area contributed by atoms with E-state index in [4.69, 9.17) is 18.9 Å². The van der Waals surface area contributed by atoms with Gasteiger partial charge in [0.2, 0.25) is 0 Å². The molecule has 0 radical (unpaired) electrons. The van der Waals surface area contributed by atoms with E-state index in [1.807, 2.05) is 6.92 Å². The lowest BCUT2D eigenvalue weighted by atomic mass is 9.94. The average Bonchev–Trinajstić information content (AvgIpc) is 3.18. The van der Waals surface area contributed by atoms with Crippen molar-refractivity contribution in [3.05, 3.63) is 83.2 Å². The molecule has 1 aliphatic rings. The van der Waals surface area contributed by atoms with Crippen molar-refractivity contribution in [1.82, 2.24) is 0 Å². The molecule has 1 atom stereocenters. The van der Waals surface area contributed by atoms with Crippen molar-refractivity contribution in [3.63, 3.8) is 0 Å². The van der Waals surface area contributed by atoms with Gasteiger partial charge in [-0.2, -0.15) is 0 Å². The van der Waals surface area contributed by atoms with Crippen LogP contribution < -0.4 is 23.8 Å². The lowest BCUT2D eigenvalue weighted by Gasteiger charge is -2.26. The fourth-order valence-electron chi connectivity index (χ4n) is 4.30. The van der Waals surface area contributed by atoms with Crippen LogP contribution >= 0.6 is 0 Å². The lowest BCUT2D eigenvalue weighted by molar-refractivity contribution is -0.132. The molecule has 0 spiro atoms. The molecule has 1 heterocycles. The van der Waals surface area contributed by atoms with Crippen molar-refractivity contribution in [1.29, 1.82) is 0 Å². The summed E-state index contributed by atoms with van der Waals surface area (Å²) in [5.41, 5.74) is 0.583. The van der Waals surface area contributed by atoms with Crippen LogP contribution in [0.2, 0.25) is 0 Å². The van der Waals surface area contributed by atoms with Gasteiger partial charge in [0, 0.05) is 5.69 Å². The zero-order valence-electron chi connectivity index (χ0n) is 20.8. The first-order valence-corrected chi connectivity index (χ1v) is 11.4. The lowest BCUT2D eigenvalue weighted by Crippen LogP contribution is -2.29. The Hall–Kier alpha value is -4.53. The quantitative estimate of drug-likeness (QED) is 0.264. The van der Waals surface area contributed by atoms with E-state index in [-0.39, 0.29) is 16.9 Å². The standard InChI is InChI=1S/C28H26FNO7/c1-5-37-23-14-16(6-12-22(23)36-4)25-24(26(31)20-15-17(29)7-13-21(20)35-3)27(32)28(33)30(25)18-8-10-19(34-2)11-9-18/h6-15,25,31H,5H2,1-4H3/b26-24+. The normalized spacial score (nSPS) is 16.6. The largest absolute Gasteiger partial charge is 0.507 e. The van der Waals surface area contributed by atoms with Crippen LogP contribution in [0.1, 0.15) is 24.1 Å². The summed E-state index contributed by atoms with van der Waals surface area (Å²) >= 11 is 0. The van der Waals surface area contributed by atoms with Crippen LogP contribution in [-0.4, -0.2) is 44.7 Å². The predicted octanol–water partition coefficient (Wildman–Crippen LogP) is 4.88. The highest BCUT2D eigenvalue weighted by Crippen LogP contribution is 2.45. The summed E-state index contributed by atoms with van der Waals surface area (Å²) < 4.78 is 35.7. The summed E-state index contributed by atoms with van der Waals surface area (Å²) in [6, 6.07) is 14.0. The van der Waals surface area contributed by atoms with Gasteiger partial charge < -0.3 is 24.1 Å². The van der Waals surface area contributed by atoms with E-state index in [0.29, 0.717) is 35.1 Å². The molecule has 0 saturated carbocycles. The molecule has 3 aromatic rings. The minimum Gasteiger partial charge on any atom is -0.507 e. The number of anilines is 1. The van der Waals surface area contributed by atoms with E-state index in [1.54, 1.807) is 42.5 Å². The molecule has 1 saturated heterocycles. The third-order valence-corrected chi connectivity index (χ3v) is 6.01. The second kappa shape index (κ2) is 10.6. The maximum absolute atomic E-state index is 14.2. The minimum atomic E-state index is -1.06. The van der Waals surface area contributed by atoms with Crippen molar-refractivity contribution in [3.8, 4) is 23.0 Å². The van der Waals surface area contributed by atoms with Crippen molar-refractivity contribution in [2.45, 2.75) is 13.0 Å². The minimum absolute atomic E-state index is 0.0567. The molecular weight excluding hydrogens is 481 g/mol. The fourth-order valence-corrected chi connectivity index (χ4v) is 4.30. The van der Waals surface area contributed by atoms with Crippen LogP contribution in [0.4, 0.5) is 10.1 Å². The molecule has 3 aromatic carbocycles. The van der Waals surface area contributed by atoms with Crippen molar-refractivity contribution in [2.75, 3.05) is 32.8 Å². The molecule has 1 fully saturated rings. The van der Waals surface area contributed by atoms with Crippen molar-refractivity contribution >= 4 is 23.1 Å². The number of halogens is 1. The summed E-state index contributed by atoms with van der Waals surface area (Å²) in [6.45, 7) is 2.16. The summed E-state index contributed by atoms with van der Waals surface area (Å²) in [6.07, 6.45) is 0. The van der Waals surface area contributed by atoms with Crippen molar-refractivity contribution < 1.29 is 38.0 Å². The molecule has 9 heteroatoms. The number of carbonyl (C=O) groups is 2. The first-order chi connectivity index (χ1) is 17.8. The number of aliphatic hydroxyl groups excluding tert-OH is 1. The molecule has 0 aliphatic carbocycles. The highest BCUT2D eigenvalue weighted by Gasteiger charge is 2.47. The van der Waals surface area contributed by atoms with Crippen LogP contribution in [0.5, 0.6) is 23.0 Å². The molecule has 1 unspecified atom stereocenters. The van der Waals surface area contributed by atoms with Gasteiger partial charge in [-0.3, -0.25) is 14.5 Å². The number of aliphatic hydroxyl groups is 1. The Kier molecular flexibility index (Phi) is 7.33. The molecule has 4 rings (SSSR count). The number of rotatable bonds is 8. The molecule has 1 amide bonds. The topological polar surface area (TPSA) is 94.5 Å². The average molecular weight is 508 g/mol. The zero-order chi connectivity index (χ0) is 26.7. The number of ketones is 1. The van der Waals surface area contributed by atoms with Gasteiger partial charge >= 0.3 is 0 Å². The maximum atomic E-state index is 14.2. The summed E-state index contributed by atoms with van der Waals surface area (Å²) in [4.78, 5) is 28.1. The van der Waals surface area contributed by atoms with Crippen LogP contribution in [0.25, 0.3) is 5.76 Å². The third-order valence-electron chi connectivity index (χ3n) is 6.01. The number of carbonyl (C=O) groups excluding carboxylic acids is 2. The number of benzene rings is 3. The van der Waals surface area contributed by atoms with Crippen LogP contribution in [0, 0.1) is 5.82 Å². The van der Waals surface area contributed by atoms with E-state index in [0.717, 1.165) is 6.07 Å². The highest BCUT2D eigenvalue weighted by molar-refractivity contribution is 6.51. The van der Waals surface area contributed by atoms with Gasteiger partial charge in [-0.25, -0.2) is 4.39 Å². The van der Waals surface area contributed by atoms with E-state index in [1.165, 1.54) is 38.4 Å². The Balaban J connectivity index is 1.99. The number of hydrogen-bond donors (Lipinski definition) is 1.